The second-order valence-electron chi connectivity index (χ2n) is 6.89. The minimum absolute atomic E-state index is 0.0232. The van der Waals surface area contributed by atoms with Crippen molar-refractivity contribution in [3.05, 3.63) is 11.6 Å². The Kier molecular flexibility index (Phi) is 5.09. The van der Waals surface area contributed by atoms with Gasteiger partial charge >= 0.3 is 6.09 Å². The minimum atomic E-state index is -0.481. The second kappa shape index (κ2) is 6.67. The van der Waals surface area contributed by atoms with E-state index in [-0.39, 0.29) is 12.2 Å². The smallest absolute Gasteiger partial charge is 0.410 e. The number of nitriles is 1. The van der Waals surface area contributed by atoms with Gasteiger partial charge in [0.05, 0.1) is 18.7 Å². The number of allylic oxidation sites excluding steroid dienone is 1. The molecule has 0 saturated carbocycles. The van der Waals surface area contributed by atoms with E-state index in [1.807, 2.05) is 20.8 Å². The Bertz CT molecular complexity index is 482. The third-order valence-electron chi connectivity index (χ3n) is 4.03. The van der Waals surface area contributed by atoms with E-state index in [4.69, 9.17) is 14.7 Å². The highest BCUT2D eigenvalue weighted by Gasteiger charge is 2.39. The maximum absolute atomic E-state index is 12.2. The first-order valence-corrected chi connectivity index (χ1v) is 7.66. The largest absolute Gasteiger partial charge is 0.444 e. The van der Waals surface area contributed by atoms with Gasteiger partial charge in [-0.05, 0) is 32.8 Å². The van der Waals surface area contributed by atoms with Crippen molar-refractivity contribution in [3.8, 4) is 6.07 Å². The number of ether oxygens (including phenoxy) is 2. The van der Waals surface area contributed by atoms with E-state index in [2.05, 4.69) is 11.0 Å². The summed E-state index contributed by atoms with van der Waals surface area (Å²) in [6, 6.07) is 2.36. The summed E-state index contributed by atoms with van der Waals surface area (Å²) in [5.74, 6) is 0. The number of rotatable bonds is 2. The highest BCUT2D eigenvalue weighted by atomic mass is 16.6. The van der Waals surface area contributed by atoms with E-state index < -0.39 is 5.60 Å². The van der Waals surface area contributed by atoms with Crippen LogP contribution in [0.3, 0.4) is 0 Å². The molecule has 2 unspecified atom stereocenters. The summed E-state index contributed by atoms with van der Waals surface area (Å²) in [6.45, 7) is 8.48. The fraction of sp³-hybridized carbons (Fsp3) is 0.750. The first kappa shape index (κ1) is 16.8. The highest BCUT2D eigenvalue weighted by Crippen LogP contribution is 2.27. The first-order chi connectivity index (χ1) is 10.3. The third-order valence-corrected chi connectivity index (χ3v) is 4.03. The monoisotopic (exact) mass is 307 g/mol. The molecule has 2 rings (SSSR count). The molecule has 0 aliphatic carbocycles. The van der Waals surface area contributed by atoms with Crippen LogP contribution in [-0.4, -0.2) is 66.9 Å². The SMILES string of the molecule is COC1CN(C(=O)OC(C)(C)C)CCC1N1CC(=CC#N)C1. The van der Waals surface area contributed by atoms with Gasteiger partial charge in [-0.2, -0.15) is 5.26 Å². The second-order valence-corrected chi connectivity index (χ2v) is 6.89. The van der Waals surface area contributed by atoms with Crippen molar-refractivity contribution in [2.75, 3.05) is 33.3 Å². The summed E-state index contributed by atoms with van der Waals surface area (Å²) in [7, 11) is 1.68. The van der Waals surface area contributed by atoms with Crippen LogP contribution < -0.4 is 0 Å². The molecule has 6 nitrogen and oxygen atoms in total. The van der Waals surface area contributed by atoms with E-state index in [9.17, 15) is 4.79 Å². The molecule has 2 fully saturated rings. The Morgan fingerprint density at radius 3 is 2.64 bits per heavy atom. The number of likely N-dealkylation sites (tertiary alicyclic amines) is 2. The predicted molar refractivity (Wildman–Crippen MR) is 82.3 cm³/mol. The molecule has 2 aliphatic rings. The van der Waals surface area contributed by atoms with Crippen LogP contribution in [-0.2, 0) is 9.47 Å². The van der Waals surface area contributed by atoms with Crippen molar-refractivity contribution in [1.29, 1.82) is 5.26 Å². The van der Waals surface area contributed by atoms with Crippen LogP contribution in [0.1, 0.15) is 27.2 Å². The molecule has 2 aliphatic heterocycles. The molecule has 0 aromatic carbocycles. The molecule has 0 aromatic heterocycles. The molecule has 0 radical (unpaired) electrons. The van der Waals surface area contributed by atoms with Gasteiger partial charge in [-0.25, -0.2) is 4.79 Å². The molecule has 1 amide bonds. The number of methoxy groups -OCH3 is 1. The zero-order chi connectivity index (χ0) is 16.3. The number of carbonyl (C=O) groups excluding carboxylic acids is 1. The predicted octanol–water partition coefficient (Wildman–Crippen LogP) is 1.78. The molecular formula is C16H25N3O3. The lowest BCUT2D eigenvalue weighted by molar-refractivity contribution is -0.0507. The molecule has 6 heteroatoms. The van der Waals surface area contributed by atoms with Gasteiger partial charge in [0.15, 0.2) is 0 Å². The van der Waals surface area contributed by atoms with Crippen LogP contribution in [0, 0.1) is 11.3 Å². The normalized spacial score (nSPS) is 26.1. The number of piperidine rings is 1. The van der Waals surface area contributed by atoms with Crippen LogP contribution in [0.4, 0.5) is 4.79 Å². The van der Waals surface area contributed by atoms with Gasteiger partial charge < -0.3 is 14.4 Å². The molecule has 0 spiro atoms. The van der Waals surface area contributed by atoms with Gasteiger partial charge in [-0.15, -0.1) is 0 Å². The summed E-state index contributed by atoms with van der Waals surface area (Å²) >= 11 is 0. The Morgan fingerprint density at radius 1 is 1.41 bits per heavy atom. The standard InChI is InChI=1S/C16H25N3O3/c1-16(2,3)22-15(20)18-8-6-13(14(11-18)21-4)19-9-12(10-19)5-7-17/h5,13-14H,6,8-11H2,1-4H3. The van der Waals surface area contributed by atoms with Crippen molar-refractivity contribution in [3.63, 3.8) is 0 Å². The van der Waals surface area contributed by atoms with Crippen molar-refractivity contribution < 1.29 is 14.3 Å². The Morgan fingerprint density at radius 2 is 2.09 bits per heavy atom. The lowest BCUT2D eigenvalue weighted by Crippen LogP contribution is -2.60. The molecule has 122 valence electrons. The summed E-state index contributed by atoms with van der Waals surface area (Å²) in [5.41, 5.74) is 0.678. The van der Waals surface area contributed by atoms with Crippen LogP contribution in [0.25, 0.3) is 0 Å². The quantitative estimate of drug-likeness (QED) is 0.728. The van der Waals surface area contributed by atoms with E-state index >= 15 is 0 Å². The van der Waals surface area contributed by atoms with E-state index in [0.29, 0.717) is 19.1 Å². The van der Waals surface area contributed by atoms with Crippen LogP contribution in [0.15, 0.2) is 11.6 Å². The molecule has 2 atom stereocenters. The van der Waals surface area contributed by atoms with E-state index in [1.54, 1.807) is 18.1 Å². The summed E-state index contributed by atoms with van der Waals surface area (Å²) in [4.78, 5) is 16.2. The number of nitrogens with zero attached hydrogens (tertiary/aromatic N) is 3. The summed E-state index contributed by atoms with van der Waals surface area (Å²) in [5, 5.41) is 8.66. The van der Waals surface area contributed by atoms with Gasteiger partial charge in [0.1, 0.15) is 5.60 Å². The van der Waals surface area contributed by atoms with Gasteiger partial charge in [0.2, 0.25) is 0 Å². The van der Waals surface area contributed by atoms with Gasteiger partial charge in [0, 0.05) is 38.9 Å². The van der Waals surface area contributed by atoms with Crippen LogP contribution >= 0.6 is 0 Å². The van der Waals surface area contributed by atoms with E-state index in [1.165, 1.54) is 0 Å². The highest BCUT2D eigenvalue weighted by molar-refractivity contribution is 5.68. The minimum Gasteiger partial charge on any atom is -0.444 e. The Hall–Kier alpha value is -1.58. The topological polar surface area (TPSA) is 65.8 Å². The number of hydrogen-bond donors (Lipinski definition) is 0. The average molecular weight is 307 g/mol. The maximum Gasteiger partial charge on any atom is 0.410 e. The van der Waals surface area contributed by atoms with Crippen LogP contribution in [0.2, 0.25) is 0 Å². The molecule has 0 bridgehead atoms. The van der Waals surface area contributed by atoms with Crippen molar-refractivity contribution in [2.45, 2.75) is 44.9 Å². The van der Waals surface area contributed by atoms with Crippen LogP contribution in [0.5, 0.6) is 0 Å². The van der Waals surface area contributed by atoms with Gasteiger partial charge in [-0.1, -0.05) is 0 Å². The molecular weight excluding hydrogens is 282 g/mol. The molecule has 2 heterocycles. The molecule has 22 heavy (non-hydrogen) atoms. The molecule has 0 aromatic rings. The van der Waals surface area contributed by atoms with Gasteiger partial charge in [-0.3, -0.25) is 4.90 Å². The summed E-state index contributed by atoms with van der Waals surface area (Å²) < 4.78 is 11.0. The van der Waals surface area contributed by atoms with Gasteiger partial charge in [0.25, 0.3) is 0 Å². The zero-order valence-corrected chi connectivity index (χ0v) is 13.8. The Balaban J connectivity index is 1.91. The fourth-order valence-electron chi connectivity index (χ4n) is 2.94. The zero-order valence-electron chi connectivity index (χ0n) is 13.8. The summed E-state index contributed by atoms with van der Waals surface area (Å²) in [6.07, 6.45) is 2.18. The lowest BCUT2D eigenvalue weighted by atomic mass is 9.95. The molecule has 0 N–H and O–H groups in total. The van der Waals surface area contributed by atoms with Crippen molar-refractivity contribution in [1.82, 2.24) is 9.80 Å². The lowest BCUT2D eigenvalue weighted by Gasteiger charge is -2.47. The fourth-order valence-corrected chi connectivity index (χ4v) is 2.94. The average Bonchev–Trinajstić information content (AvgIpc) is 2.40. The van der Waals surface area contributed by atoms with Crippen molar-refractivity contribution >= 4 is 6.09 Å². The number of carbonyl (C=O) groups is 1. The maximum atomic E-state index is 12.2. The van der Waals surface area contributed by atoms with E-state index in [0.717, 1.165) is 25.1 Å². The first-order valence-electron chi connectivity index (χ1n) is 7.66. The Labute approximate surface area is 132 Å². The van der Waals surface area contributed by atoms with Crippen molar-refractivity contribution in [2.24, 2.45) is 0 Å². The molecule has 2 saturated heterocycles. The third kappa shape index (κ3) is 3.99. The number of amides is 1. The number of hydrogen-bond acceptors (Lipinski definition) is 5.